The number of aryl methyl sites for hydroxylation is 1. The Balaban J connectivity index is 2.42. The summed E-state index contributed by atoms with van der Waals surface area (Å²) in [6.07, 6.45) is -1.36. The third-order valence-electron chi connectivity index (χ3n) is 3.71. The highest BCUT2D eigenvalue weighted by Crippen LogP contribution is 2.30. The third-order valence-corrected chi connectivity index (χ3v) is 4.91. The summed E-state index contributed by atoms with van der Waals surface area (Å²) in [6.45, 7) is 4.93. The standard InChI is InChI=1S/C17H19NO6S/c1-13-9-11-15(12-10-13)25(21,22)24-18(16(19)23-20)17(2,3)14-7-5-4-6-8-14/h4-12,20H,1-3H3. The van der Waals surface area contributed by atoms with E-state index in [1.165, 1.54) is 12.1 Å². The molecule has 0 aliphatic carbocycles. The summed E-state index contributed by atoms with van der Waals surface area (Å²) >= 11 is 0. The molecule has 0 heterocycles. The second-order valence-electron chi connectivity index (χ2n) is 5.92. The minimum Gasteiger partial charge on any atom is -0.276 e. The Morgan fingerprint density at radius 2 is 1.60 bits per heavy atom. The molecule has 2 aromatic rings. The zero-order chi connectivity index (χ0) is 18.7. The molecule has 7 nitrogen and oxygen atoms in total. The van der Waals surface area contributed by atoms with E-state index in [1.807, 2.05) is 6.92 Å². The van der Waals surface area contributed by atoms with E-state index in [-0.39, 0.29) is 4.90 Å². The van der Waals surface area contributed by atoms with Gasteiger partial charge in [-0.25, -0.2) is 4.79 Å². The lowest BCUT2D eigenvalue weighted by atomic mass is 9.94. The maximum Gasteiger partial charge on any atom is 0.467 e. The van der Waals surface area contributed by atoms with Crippen LogP contribution in [0.25, 0.3) is 0 Å². The Hall–Kier alpha value is -2.42. The first kappa shape index (κ1) is 18.9. The molecule has 1 amide bonds. The van der Waals surface area contributed by atoms with Gasteiger partial charge in [0.2, 0.25) is 0 Å². The molecule has 8 heteroatoms. The molecule has 0 saturated carbocycles. The van der Waals surface area contributed by atoms with Crippen LogP contribution in [-0.2, 0) is 24.8 Å². The first-order valence-corrected chi connectivity index (χ1v) is 8.82. The molecule has 0 bridgehead atoms. The number of nitrogens with zero attached hydrogens (tertiary/aromatic N) is 1. The molecule has 0 atom stereocenters. The molecule has 0 saturated heterocycles. The average Bonchev–Trinajstić information content (AvgIpc) is 2.60. The first-order valence-electron chi connectivity index (χ1n) is 7.41. The lowest BCUT2D eigenvalue weighted by molar-refractivity contribution is -0.224. The van der Waals surface area contributed by atoms with Gasteiger partial charge in [0.1, 0.15) is 0 Å². The van der Waals surface area contributed by atoms with Gasteiger partial charge < -0.3 is 0 Å². The van der Waals surface area contributed by atoms with Gasteiger partial charge in [-0.1, -0.05) is 48.0 Å². The topological polar surface area (TPSA) is 93.1 Å². The number of carbonyl (C=O) groups excluding carboxylic acids is 1. The Kier molecular flexibility index (Phi) is 5.46. The SMILES string of the molecule is Cc1ccc(S(=O)(=O)ON(C(=O)OO)C(C)(C)c2ccccc2)cc1. The highest BCUT2D eigenvalue weighted by molar-refractivity contribution is 7.86. The Morgan fingerprint density at radius 3 is 2.12 bits per heavy atom. The van der Waals surface area contributed by atoms with Crippen LogP contribution >= 0.6 is 0 Å². The number of hydroxylamine groups is 2. The molecule has 0 aliphatic heterocycles. The van der Waals surface area contributed by atoms with Crippen LogP contribution in [0.5, 0.6) is 0 Å². The second-order valence-corrected chi connectivity index (χ2v) is 7.45. The molecule has 0 aliphatic rings. The molecular weight excluding hydrogens is 346 g/mol. The lowest BCUT2D eigenvalue weighted by Gasteiger charge is -2.34. The summed E-state index contributed by atoms with van der Waals surface area (Å²) in [7, 11) is -4.31. The van der Waals surface area contributed by atoms with Gasteiger partial charge in [0.25, 0.3) is 0 Å². The van der Waals surface area contributed by atoms with Crippen LogP contribution in [-0.4, -0.2) is 24.8 Å². The zero-order valence-corrected chi connectivity index (χ0v) is 14.9. The summed E-state index contributed by atoms with van der Waals surface area (Å²) in [5.41, 5.74) is 0.216. The van der Waals surface area contributed by atoms with Crippen LogP contribution in [0, 0.1) is 6.92 Å². The van der Waals surface area contributed by atoms with E-state index in [4.69, 9.17) is 9.54 Å². The molecule has 2 aromatic carbocycles. The van der Waals surface area contributed by atoms with Crippen LogP contribution in [0.1, 0.15) is 25.0 Å². The minimum absolute atomic E-state index is 0.127. The van der Waals surface area contributed by atoms with Gasteiger partial charge in [0.15, 0.2) is 0 Å². The summed E-state index contributed by atoms with van der Waals surface area (Å²) in [4.78, 5) is 15.6. The summed E-state index contributed by atoms with van der Waals surface area (Å²) in [6, 6.07) is 14.6. The minimum atomic E-state index is -4.31. The highest BCUT2D eigenvalue weighted by Gasteiger charge is 2.39. The monoisotopic (exact) mass is 365 g/mol. The van der Waals surface area contributed by atoms with Crippen molar-refractivity contribution in [2.45, 2.75) is 31.2 Å². The fraction of sp³-hybridized carbons (Fsp3) is 0.235. The predicted molar refractivity (Wildman–Crippen MR) is 89.9 cm³/mol. The van der Waals surface area contributed by atoms with E-state index in [0.29, 0.717) is 10.6 Å². The number of amides is 1. The molecule has 2 rings (SSSR count). The number of carbonyl (C=O) groups is 1. The quantitative estimate of drug-likeness (QED) is 0.644. The van der Waals surface area contributed by atoms with E-state index in [0.717, 1.165) is 5.56 Å². The van der Waals surface area contributed by atoms with Crippen molar-refractivity contribution in [2.24, 2.45) is 0 Å². The largest absolute Gasteiger partial charge is 0.467 e. The molecule has 1 N–H and O–H groups in total. The van der Waals surface area contributed by atoms with Crippen molar-refractivity contribution >= 4 is 16.2 Å². The van der Waals surface area contributed by atoms with Crippen LogP contribution in [0.2, 0.25) is 0 Å². The average molecular weight is 365 g/mol. The summed E-state index contributed by atoms with van der Waals surface area (Å²) in [5, 5.41) is 9.24. The fourth-order valence-corrected chi connectivity index (χ4v) is 3.20. The molecule has 0 fully saturated rings. The van der Waals surface area contributed by atoms with Crippen molar-refractivity contribution in [2.75, 3.05) is 0 Å². The molecule has 0 spiro atoms. The van der Waals surface area contributed by atoms with Gasteiger partial charge in [-0.3, -0.25) is 4.89 Å². The number of hydrogen-bond donors (Lipinski definition) is 1. The lowest BCUT2D eigenvalue weighted by Crippen LogP contribution is -2.46. The number of hydrogen-bond acceptors (Lipinski definition) is 6. The van der Waals surface area contributed by atoms with Crippen LogP contribution in [0.4, 0.5) is 4.79 Å². The smallest absolute Gasteiger partial charge is 0.276 e. The molecule has 0 radical (unpaired) electrons. The normalized spacial score (nSPS) is 11.8. The number of rotatable bonds is 5. The van der Waals surface area contributed by atoms with E-state index in [1.54, 1.807) is 56.3 Å². The molecule has 0 unspecified atom stereocenters. The van der Waals surface area contributed by atoms with E-state index < -0.39 is 21.8 Å². The van der Waals surface area contributed by atoms with Crippen LogP contribution in [0.15, 0.2) is 59.5 Å². The maximum atomic E-state index is 12.5. The zero-order valence-electron chi connectivity index (χ0n) is 14.0. The fourth-order valence-electron chi connectivity index (χ4n) is 2.20. The van der Waals surface area contributed by atoms with Crippen LogP contribution in [0.3, 0.4) is 0 Å². The Labute approximate surface area is 146 Å². The Bertz CT molecular complexity index is 831. The van der Waals surface area contributed by atoms with Gasteiger partial charge in [0, 0.05) is 0 Å². The van der Waals surface area contributed by atoms with E-state index >= 15 is 0 Å². The van der Waals surface area contributed by atoms with Gasteiger partial charge in [-0.2, -0.15) is 18.7 Å². The summed E-state index contributed by atoms with van der Waals surface area (Å²) in [5.74, 6) is 0. The van der Waals surface area contributed by atoms with E-state index in [2.05, 4.69) is 4.89 Å². The van der Waals surface area contributed by atoms with Crippen molar-refractivity contribution in [3.8, 4) is 0 Å². The van der Waals surface area contributed by atoms with Gasteiger partial charge in [-0.15, -0.1) is 4.28 Å². The Morgan fingerprint density at radius 1 is 1.04 bits per heavy atom. The van der Waals surface area contributed by atoms with Gasteiger partial charge >= 0.3 is 16.2 Å². The van der Waals surface area contributed by atoms with Crippen molar-refractivity contribution in [1.82, 2.24) is 5.06 Å². The van der Waals surface area contributed by atoms with Crippen molar-refractivity contribution in [3.05, 3.63) is 65.7 Å². The van der Waals surface area contributed by atoms with E-state index in [9.17, 15) is 13.2 Å². The third kappa shape index (κ3) is 4.16. The van der Waals surface area contributed by atoms with Crippen molar-refractivity contribution in [3.63, 3.8) is 0 Å². The van der Waals surface area contributed by atoms with Crippen molar-refractivity contribution in [1.29, 1.82) is 0 Å². The molecule has 0 aromatic heterocycles. The highest BCUT2D eigenvalue weighted by atomic mass is 32.2. The first-order chi connectivity index (χ1) is 11.7. The van der Waals surface area contributed by atoms with Crippen molar-refractivity contribution < 1.29 is 27.6 Å². The van der Waals surface area contributed by atoms with Gasteiger partial charge in [-0.05, 0) is 38.5 Å². The number of benzene rings is 2. The second kappa shape index (κ2) is 7.22. The van der Waals surface area contributed by atoms with Crippen LogP contribution < -0.4 is 0 Å². The predicted octanol–water partition coefficient (Wildman–Crippen LogP) is 3.46. The maximum absolute atomic E-state index is 12.5. The summed E-state index contributed by atoms with van der Waals surface area (Å²) < 4.78 is 30.0. The molecule has 25 heavy (non-hydrogen) atoms. The molecular formula is C17H19NO6S. The van der Waals surface area contributed by atoms with Gasteiger partial charge in [0.05, 0.1) is 10.4 Å². The molecule has 134 valence electrons.